The molecule has 2 aliphatic carbocycles. The topological polar surface area (TPSA) is 55.1 Å². The van der Waals surface area contributed by atoms with Gasteiger partial charge >= 0.3 is 0 Å². The van der Waals surface area contributed by atoms with Crippen molar-refractivity contribution in [3.8, 4) is 0 Å². The average molecular weight is 293 g/mol. The molecule has 2 rings (SSSR count). The molecule has 0 heterocycles. The van der Waals surface area contributed by atoms with Crippen molar-refractivity contribution in [1.29, 1.82) is 0 Å². The van der Waals surface area contributed by atoms with Crippen molar-refractivity contribution < 1.29 is 4.79 Å². The quantitative estimate of drug-likeness (QED) is 0.756. The van der Waals surface area contributed by atoms with Crippen LogP contribution in [-0.2, 0) is 4.79 Å². The van der Waals surface area contributed by atoms with E-state index in [9.17, 15) is 4.79 Å². The Morgan fingerprint density at radius 3 is 2.61 bits per heavy atom. The molecule has 5 heteroatoms. The summed E-state index contributed by atoms with van der Waals surface area (Å²) in [5.74, 6) is 1.90. The second-order valence-electron chi connectivity index (χ2n) is 5.60. The van der Waals surface area contributed by atoms with Crippen LogP contribution in [0.4, 0.5) is 0 Å². The normalized spacial score (nSPS) is 22.6. The maximum atomic E-state index is 11.8. The Balaban J connectivity index is 0.00000162. The first kappa shape index (κ1) is 16.1. The third-order valence-electron chi connectivity index (χ3n) is 4.38. The Bertz CT molecular complexity index is 280. The summed E-state index contributed by atoms with van der Waals surface area (Å²) in [4.78, 5) is 11.8. The smallest absolute Gasteiger partial charge is 0.236 e. The van der Waals surface area contributed by atoms with E-state index in [0.29, 0.717) is 5.41 Å². The van der Waals surface area contributed by atoms with Crippen LogP contribution in [0, 0.1) is 11.3 Å². The molecule has 0 radical (unpaired) electrons. The van der Waals surface area contributed by atoms with Crippen molar-refractivity contribution in [3.05, 3.63) is 0 Å². The van der Waals surface area contributed by atoms with E-state index in [2.05, 4.69) is 5.32 Å². The standard InChI is InChI=1S/C13H24N2OS.ClH/c1-17-8-5-11(14)12(16)15-9-13(6-2-7-13)10-3-4-10;/h10-11H,2-9,14H2,1H3,(H,15,16);1H. The van der Waals surface area contributed by atoms with Crippen LogP contribution in [0.5, 0.6) is 0 Å². The van der Waals surface area contributed by atoms with Gasteiger partial charge in [0.15, 0.2) is 0 Å². The lowest BCUT2D eigenvalue weighted by atomic mass is 9.65. The Morgan fingerprint density at radius 2 is 2.17 bits per heavy atom. The van der Waals surface area contributed by atoms with Crippen molar-refractivity contribution in [2.24, 2.45) is 17.1 Å². The molecule has 0 aliphatic heterocycles. The van der Waals surface area contributed by atoms with Gasteiger partial charge in [0.05, 0.1) is 6.04 Å². The van der Waals surface area contributed by atoms with Gasteiger partial charge in [-0.15, -0.1) is 12.4 Å². The molecule has 2 aliphatic rings. The van der Waals surface area contributed by atoms with Gasteiger partial charge in [0.1, 0.15) is 0 Å². The summed E-state index contributed by atoms with van der Waals surface area (Å²) in [6, 6.07) is -0.321. The van der Waals surface area contributed by atoms with Gasteiger partial charge in [-0.05, 0) is 55.4 Å². The Kier molecular flexibility index (Phi) is 6.28. The molecular formula is C13H25ClN2OS. The van der Waals surface area contributed by atoms with E-state index in [1.807, 2.05) is 6.26 Å². The SMILES string of the molecule is CSCCC(N)C(=O)NCC1(C2CC2)CCC1.Cl. The summed E-state index contributed by atoms with van der Waals surface area (Å²) >= 11 is 1.74. The van der Waals surface area contributed by atoms with Gasteiger partial charge in [-0.1, -0.05) is 6.42 Å². The van der Waals surface area contributed by atoms with Crippen LogP contribution in [0.25, 0.3) is 0 Å². The van der Waals surface area contributed by atoms with Crippen molar-refractivity contribution in [3.63, 3.8) is 0 Å². The first-order valence-corrected chi connectivity index (χ1v) is 8.09. The molecule has 0 bridgehead atoms. The minimum absolute atomic E-state index is 0. The Hall–Kier alpha value is 0.0700. The first-order valence-electron chi connectivity index (χ1n) is 6.70. The van der Waals surface area contributed by atoms with Gasteiger partial charge in [-0.3, -0.25) is 4.79 Å². The van der Waals surface area contributed by atoms with Gasteiger partial charge in [0.2, 0.25) is 5.91 Å². The minimum Gasteiger partial charge on any atom is -0.354 e. The number of nitrogens with two attached hydrogens (primary N) is 1. The highest BCUT2D eigenvalue weighted by Crippen LogP contribution is 2.56. The molecule has 0 spiro atoms. The molecule has 1 atom stereocenters. The maximum absolute atomic E-state index is 11.8. The highest BCUT2D eigenvalue weighted by molar-refractivity contribution is 7.98. The van der Waals surface area contributed by atoms with Crippen molar-refractivity contribution >= 4 is 30.1 Å². The summed E-state index contributed by atoms with van der Waals surface area (Å²) in [6.45, 7) is 0.865. The molecule has 3 nitrogen and oxygen atoms in total. The zero-order valence-electron chi connectivity index (χ0n) is 11.1. The van der Waals surface area contributed by atoms with Crippen LogP contribution < -0.4 is 11.1 Å². The van der Waals surface area contributed by atoms with E-state index in [0.717, 1.165) is 24.6 Å². The zero-order chi connectivity index (χ0) is 12.3. The van der Waals surface area contributed by atoms with E-state index in [-0.39, 0.29) is 24.4 Å². The fraction of sp³-hybridized carbons (Fsp3) is 0.923. The molecule has 3 N–H and O–H groups in total. The number of hydrogen-bond donors (Lipinski definition) is 2. The van der Waals surface area contributed by atoms with Crippen molar-refractivity contribution in [2.75, 3.05) is 18.6 Å². The summed E-state index contributed by atoms with van der Waals surface area (Å²) in [7, 11) is 0. The first-order chi connectivity index (χ1) is 8.18. The van der Waals surface area contributed by atoms with E-state index < -0.39 is 0 Å². The lowest BCUT2D eigenvalue weighted by molar-refractivity contribution is -0.123. The molecule has 106 valence electrons. The van der Waals surface area contributed by atoms with Crippen molar-refractivity contribution in [1.82, 2.24) is 5.32 Å². The number of amides is 1. The van der Waals surface area contributed by atoms with Gasteiger partial charge in [0, 0.05) is 6.54 Å². The second-order valence-corrected chi connectivity index (χ2v) is 6.58. The molecule has 1 amide bonds. The Morgan fingerprint density at radius 1 is 1.50 bits per heavy atom. The highest BCUT2D eigenvalue weighted by Gasteiger charge is 2.48. The Labute approximate surface area is 120 Å². The highest BCUT2D eigenvalue weighted by atomic mass is 35.5. The van der Waals surface area contributed by atoms with E-state index in [1.54, 1.807) is 11.8 Å². The van der Waals surface area contributed by atoms with Gasteiger partial charge in [-0.25, -0.2) is 0 Å². The molecule has 2 fully saturated rings. The number of thioether (sulfide) groups is 1. The molecule has 0 aromatic rings. The fourth-order valence-electron chi connectivity index (χ4n) is 2.83. The lowest BCUT2D eigenvalue weighted by Crippen LogP contribution is -2.48. The van der Waals surface area contributed by atoms with Crippen LogP contribution in [-0.4, -0.2) is 30.5 Å². The third kappa shape index (κ3) is 3.78. The molecule has 0 saturated heterocycles. The van der Waals surface area contributed by atoms with Crippen LogP contribution in [0.15, 0.2) is 0 Å². The number of rotatable bonds is 7. The predicted molar refractivity (Wildman–Crippen MR) is 80.2 cm³/mol. The minimum atomic E-state index is -0.321. The number of carbonyl (C=O) groups is 1. The number of carbonyl (C=O) groups excluding carboxylic acids is 1. The summed E-state index contributed by atoms with van der Waals surface area (Å²) in [5.41, 5.74) is 6.31. The van der Waals surface area contributed by atoms with Gasteiger partial charge in [0.25, 0.3) is 0 Å². The summed E-state index contributed by atoms with van der Waals surface area (Å²) in [5, 5.41) is 3.08. The van der Waals surface area contributed by atoms with Crippen LogP contribution in [0.3, 0.4) is 0 Å². The summed E-state index contributed by atoms with van der Waals surface area (Å²) < 4.78 is 0. The van der Waals surface area contributed by atoms with Gasteiger partial charge in [-0.2, -0.15) is 11.8 Å². The number of hydrogen-bond acceptors (Lipinski definition) is 3. The van der Waals surface area contributed by atoms with Crippen LogP contribution in [0.2, 0.25) is 0 Å². The summed E-state index contributed by atoms with van der Waals surface area (Å²) in [6.07, 6.45) is 9.51. The lowest BCUT2D eigenvalue weighted by Gasteiger charge is -2.42. The van der Waals surface area contributed by atoms with E-state index in [1.165, 1.54) is 32.1 Å². The van der Waals surface area contributed by atoms with Crippen LogP contribution in [0.1, 0.15) is 38.5 Å². The maximum Gasteiger partial charge on any atom is 0.236 e. The van der Waals surface area contributed by atoms with E-state index in [4.69, 9.17) is 5.73 Å². The largest absolute Gasteiger partial charge is 0.354 e. The van der Waals surface area contributed by atoms with Gasteiger partial charge < -0.3 is 11.1 Å². The second kappa shape index (κ2) is 7.01. The molecule has 2 saturated carbocycles. The fourth-order valence-corrected chi connectivity index (χ4v) is 3.32. The molecular weight excluding hydrogens is 268 g/mol. The van der Waals surface area contributed by atoms with E-state index >= 15 is 0 Å². The molecule has 18 heavy (non-hydrogen) atoms. The predicted octanol–water partition coefficient (Wildman–Crippen LogP) is 2.19. The average Bonchev–Trinajstić information content (AvgIpc) is 3.08. The monoisotopic (exact) mass is 292 g/mol. The van der Waals surface area contributed by atoms with Crippen LogP contribution >= 0.6 is 24.2 Å². The molecule has 0 aromatic heterocycles. The number of halogens is 1. The van der Waals surface area contributed by atoms with Crippen molar-refractivity contribution in [2.45, 2.75) is 44.6 Å². The third-order valence-corrected chi connectivity index (χ3v) is 5.02. The number of nitrogens with one attached hydrogen (secondary N) is 1. The zero-order valence-corrected chi connectivity index (χ0v) is 12.7. The molecule has 0 aromatic carbocycles. The molecule has 1 unspecified atom stereocenters.